The van der Waals surface area contributed by atoms with Crippen molar-refractivity contribution in [3.05, 3.63) is 76.4 Å². The smallest absolute Gasteiger partial charge is 0.409 e. The zero-order valence-corrected chi connectivity index (χ0v) is 19.6. The molecule has 0 saturated heterocycles. The van der Waals surface area contributed by atoms with E-state index < -0.39 is 12.1 Å². The first-order chi connectivity index (χ1) is 16.8. The van der Waals surface area contributed by atoms with Gasteiger partial charge in [-0.05, 0) is 53.8 Å². The van der Waals surface area contributed by atoms with Crippen molar-refractivity contribution in [3.63, 3.8) is 0 Å². The second kappa shape index (κ2) is 10.4. The van der Waals surface area contributed by atoms with Crippen molar-refractivity contribution in [2.75, 3.05) is 5.32 Å². The number of H-pyrrole nitrogens is 1. The average Bonchev–Trinajstić information content (AvgIpc) is 3.48. The maximum Gasteiger partial charge on any atom is 0.409 e. The summed E-state index contributed by atoms with van der Waals surface area (Å²) in [5.41, 5.74) is 2.89. The number of carbonyl (C=O) groups excluding carboxylic acids is 1. The van der Waals surface area contributed by atoms with Crippen LogP contribution in [0.4, 0.5) is 10.5 Å². The summed E-state index contributed by atoms with van der Waals surface area (Å²) in [6.45, 7) is 1.76. The molecule has 0 fully saturated rings. The Hall–Kier alpha value is -4.22. The minimum absolute atomic E-state index is 0.292. The zero-order chi connectivity index (χ0) is 24.9. The number of nitrogens with zero attached hydrogens (tertiary/aromatic N) is 5. The van der Waals surface area contributed by atoms with Crippen LogP contribution in [-0.2, 0) is 4.79 Å². The second-order valence-electron chi connectivity index (χ2n) is 7.31. The molecule has 0 aliphatic heterocycles. The first-order valence-corrected chi connectivity index (χ1v) is 10.9. The fraction of sp³-hybridized carbons (Fsp3) is 0.0909. The predicted molar refractivity (Wildman–Crippen MR) is 130 cm³/mol. The van der Waals surface area contributed by atoms with E-state index in [9.17, 15) is 9.59 Å². The molecule has 0 radical (unpaired) electrons. The molecule has 1 atom stereocenters. The van der Waals surface area contributed by atoms with Crippen molar-refractivity contribution in [1.82, 2.24) is 35.5 Å². The van der Waals surface area contributed by atoms with Crippen LogP contribution in [0.25, 0.3) is 23.0 Å². The molecule has 0 bridgehead atoms. The van der Waals surface area contributed by atoms with Crippen LogP contribution in [0.2, 0.25) is 10.2 Å². The Morgan fingerprint density at radius 2 is 1.94 bits per heavy atom. The van der Waals surface area contributed by atoms with Crippen molar-refractivity contribution >= 4 is 47.0 Å². The van der Waals surface area contributed by atoms with Gasteiger partial charge < -0.3 is 15.4 Å². The van der Waals surface area contributed by atoms with Gasteiger partial charge in [0.15, 0.2) is 0 Å². The third-order valence-corrected chi connectivity index (χ3v) is 5.36. The topological polar surface area (TPSA) is 151 Å². The first kappa shape index (κ1) is 23.9. The molecule has 2 amide bonds. The average molecular weight is 513 g/mol. The number of halogens is 2. The first-order valence-electron chi connectivity index (χ1n) is 10.2. The number of carboxylic acid groups (broad SMARTS) is 1. The molecule has 4 N–H and O–H groups in total. The van der Waals surface area contributed by atoms with Crippen LogP contribution in [0.5, 0.6) is 0 Å². The predicted octanol–water partition coefficient (Wildman–Crippen LogP) is 4.34. The van der Waals surface area contributed by atoms with E-state index in [-0.39, 0.29) is 5.91 Å². The van der Waals surface area contributed by atoms with Crippen LogP contribution in [0.15, 0.2) is 54.9 Å². The second-order valence-corrected chi connectivity index (χ2v) is 8.13. The third-order valence-electron chi connectivity index (χ3n) is 4.86. The van der Waals surface area contributed by atoms with Gasteiger partial charge in [0.1, 0.15) is 23.0 Å². The lowest BCUT2D eigenvalue weighted by Crippen LogP contribution is -2.25. The van der Waals surface area contributed by atoms with Gasteiger partial charge in [-0.3, -0.25) is 10.1 Å². The van der Waals surface area contributed by atoms with E-state index in [2.05, 4.69) is 36.1 Å². The molecule has 35 heavy (non-hydrogen) atoms. The minimum Gasteiger partial charge on any atom is -0.465 e. The minimum atomic E-state index is -1.15. The standard InChI is InChI=1S/C22H18Cl2N8O3/c1-12(21-28-19(20(24)29-21)13-2-6-16(7-3-13)27-22(34)35)26-18(33)9-4-14-10-15(23)5-8-17(14)32-11-25-30-31-32/h2-12,27H,1H3,(H,26,33)(H,28,29)(H,34,35)/t12-/m0/s1. The molecule has 178 valence electrons. The summed E-state index contributed by atoms with van der Waals surface area (Å²) in [4.78, 5) is 30.8. The summed E-state index contributed by atoms with van der Waals surface area (Å²) in [5.74, 6) is 0.0925. The van der Waals surface area contributed by atoms with Crippen molar-refractivity contribution in [2.24, 2.45) is 0 Å². The van der Waals surface area contributed by atoms with Gasteiger partial charge in [0, 0.05) is 27.9 Å². The van der Waals surface area contributed by atoms with Crippen molar-refractivity contribution in [3.8, 4) is 16.9 Å². The quantitative estimate of drug-likeness (QED) is 0.269. The van der Waals surface area contributed by atoms with Crippen LogP contribution in [0.3, 0.4) is 0 Å². The van der Waals surface area contributed by atoms with Crippen molar-refractivity contribution in [2.45, 2.75) is 13.0 Å². The Morgan fingerprint density at radius 3 is 2.63 bits per heavy atom. The molecule has 2 heterocycles. The highest BCUT2D eigenvalue weighted by atomic mass is 35.5. The summed E-state index contributed by atoms with van der Waals surface area (Å²) in [7, 11) is 0. The highest BCUT2D eigenvalue weighted by Crippen LogP contribution is 2.28. The number of nitrogens with one attached hydrogen (secondary N) is 3. The molecule has 0 unspecified atom stereocenters. The highest BCUT2D eigenvalue weighted by molar-refractivity contribution is 6.32. The van der Waals surface area contributed by atoms with E-state index in [1.807, 2.05) is 0 Å². The molecule has 0 aliphatic rings. The maximum absolute atomic E-state index is 12.6. The van der Waals surface area contributed by atoms with Crippen LogP contribution >= 0.6 is 23.2 Å². The van der Waals surface area contributed by atoms with Gasteiger partial charge in [-0.2, -0.15) is 4.68 Å². The number of anilines is 1. The fourth-order valence-electron chi connectivity index (χ4n) is 3.23. The number of tetrazole rings is 1. The lowest BCUT2D eigenvalue weighted by Gasteiger charge is -2.10. The maximum atomic E-state index is 12.6. The van der Waals surface area contributed by atoms with Crippen molar-refractivity contribution in [1.29, 1.82) is 0 Å². The summed E-state index contributed by atoms with van der Waals surface area (Å²) < 4.78 is 1.47. The van der Waals surface area contributed by atoms with E-state index in [0.717, 1.165) is 0 Å². The normalized spacial score (nSPS) is 12.0. The molecule has 0 aliphatic carbocycles. The Kier molecular flexibility index (Phi) is 7.09. The summed E-state index contributed by atoms with van der Waals surface area (Å²) >= 11 is 12.4. The van der Waals surface area contributed by atoms with E-state index >= 15 is 0 Å². The lowest BCUT2D eigenvalue weighted by molar-refractivity contribution is -0.117. The fourth-order valence-corrected chi connectivity index (χ4v) is 3.66. The molecule has 2 aromatic heterocycles. The largest absolute Gasteiger partial charge is 0.465 e. The molecular formula is C22H18Cl2N8O3. The molecule has 4 aromatic rings. The molecule has 13 heteroatoms. The van der Waals surface area contributed by atoms with Crippen LogP contribution in [0, 0.1) is 0 Å². The van der Waals surface area contributed by atoms with Gasteiger partial charge in [-0.25, -0.2) is 9.78 Å². The molecular weight excluding hydrogens is 495 g/mol. The highest BCUT2D eigenvalue weighted by Gasteiger charge is 2.17. The van der Waals surface area contributed by atoms with Gasteiger partial charge >= 0.3 is 6.09 Å². The Balaban J connectivity index is 1.46. The number of benzene rings is 2. The van der Waals surface area contributed by atoms with Gasteiger partial charge in [-0.1, -0.05) is 35.3 Å². The number of hydrogen-bond donors (Lipinski definition) is 4. The van der Waals surface area contributed by atoms with E-state index in [1.165, 1.54) is 17.1 Å². The number of aromatic amines is 1. The molecule has 2 aromatic carbocycles. The number of imidazole rings is 1. The van der Waals surface area contributed by atoms with Crippen molar-refractivity contribution < 1.29 is 14.7 Å². The van der Waals surface area contributed by atoms with Gasteiger partial charge in [0.2, 0.25) is 5.91 Å². The number of aromatic nitrogens is 6. The zero-order valence-electron chi connectivity index (χ0n) is 18.1. The van der Waals surface area contributed by atoms with Gasteiger partial charge in [-0.15, -0.1) is 5.10 Å². The molecule has 0 saturated carbocycles. The lowest BCUT2D eigenvalue weighted by atomic mass is 10.1. The van der Waals surface area contributed by atoms with Crippen LogP contribution in [0.1, 0.15) is 24.4 Å². The van der Waals surface area contributed by atoms with Gasteiger partial charge in [0.25, 0.3) is 0 Å². The van der Waals surface area contributed by atoms with Crippen LogP contribution in [-0.4, -0.2) is 47.3 Å². The Morgan fingerprint density at radius 1 is 1.17 bits per heavy atom. The monoisotopic (exact) mass is 512 g/mol. The van der Waals surface area contributed by atoms with Gasteiger partial charge in [0.05, 0.1) is 11.7 Å². The van der Waals surface area contributed by atoms with Crippen LogP contribution < -0.4 is 10.6 Å². The summed E-state index contributed by atoms with van der Waals surface area (Å²) in [6.07, 6.45) is 3.27. The number of carbonyl (C=O) groups is 2. The molecule has 4 rings (SSSR count). The van der Waals surface area contributed by atoms with E-state index in [1.54, 1.807) is 55.5 Å². The Labute approximate surface area is 208 Å². The number of rotatable bonds is 7. The molecule has 11 nitrogen and oxygen atoms in total. The van der Waals surface area contributed by atoms with E-state index in [0.29, 0.717) is 44.2 Å². The third kappa shape index (κ3) is 5.83. The van der Waals surface area contributed by atoms with E-state index in [4.69, 9.17) is 28.3 Å². The summed E-state index contributed by atoms with van der Waals surface area (Å²) in [6, 6.07) is 11.2. The SMILES string of the molecule is C[C@H](NC(=O)C=Cc1cc(Cl)ccc1-n1cnnn1)c1nc(-c2ccc(NC(=O)O)cc2)c(Cl)[nH]1. The Bertz CT molecular complexity index is 1380. The number of hydrogen-bond acceptors (Lipinski definition) is 6. The summed E-state index contributed by atoms with van der Waals surface area (Å²) in [5, 5.41) is 25.8. The molecule has 0 spiro atoms. The number of amides is 2.